The van der Waals surface area contributed by atoms with Crippen molar-refractivity contribution in [1.82, 2.24) is 10.3 Å². The molecule has 0 unspecified atom stereocenters. The Hall–Kier alpha value is -2.64. The van der Waals surface area contributed by atoms with Gasteiger partial charge in [-0.25, -0.2) is 9.37 Å². The highest BCUT2D eigenvalue weighted by atomic mass is 32.1. The molecule has 0 bridgehead atoms. The second-order valence-corrected chi connectivity index (χ2v) is 6.88. The number of hydrogen-bond acceptors (Lipinski definition) is 6. The van der Waals surface area contributed by atoms with Gasteiger partial charge in [0.2, 0.25) is 5.75 Å². The zero-order valence-corrected chi connectivity index (χ0v) is 16.2. The second-order valence-electron chi connectivity index (χ2n) is 5.76. The van der Waals surface area contributed by atoms with E-state index >= 15 is 0 Å². The fraction of sp³-hybridized carbons (Fsp3) is 0.250. The highest BCUT2D eigenvalue weighted by Gasteiger charge is 2.15. The van der Waals surface area contributed by atoms with Gasteiger partial charge in [0, 0.05) is 24.8 Å². The number of nitrogens with zero attached hydrogens (tertiary/aromatic N) is 1. The van der Waals surface area contributed by atoms with Crippen molar-refractivity contribution in [2.24, 2.45) is 0 Å². The summed E-state index contributed by atoms with van der Waals surface area (Å²) in [6.07, 6.45) is 1.83. The lowest BCUT2D eigenvalue weighted by Gasteiger charge is -2.13. The molecule has 0 aliphatic carbocycles. The van der Waals surface area contributed by atoms with Gasteiger partial charge in [0.15, 0.2) is 11.5 Å². The van der Waals surface area contributed by atoms with Gasteiger partial charge in [-0.1, -0.05) is 12.1 Å². The van der Waals surface area contributed by atoms with Crippen LogP contribution >= 0.6 is 11.3 Å². The highest BCUT2D eigenvalue weighted by Crippen LogP contribution is 2.42. The van der Waals surface area contributed by atoms with Crippen LogP contribution in [0.3, 0.4) is 0 Å². The van der Waals surface area contributed by atoms with E-state index in [0.717, 1.165) is 21.0 Å². The van der Waals surface area contributed by atoms with Crippen molar-refractivity contribution >= 4 is 11.3 Å². The number of nitrogens with one attached hydrogen (secondary N) is 1. The van der Waals surface area contributed by atoms with Gasteiger partial charge < -0.3 is 19.5 Å². The normalized spacial score (nSPS) is 10.7. The molecule has 0 saturated carbocycles. The van der Waals surface area contributed by atoms with E-state index in [9.17, 15) is 4.39 Å². The zero-order valence-electron chi connectivity index (χ0n) is 15.4. The maximum atomic E-state index is 12.9. The molecule has 0 radical (unpaired) electrons. The molecule has 142 valence electrons. The van der Waals surface area contributed by atoms with Crippen LogP contribution in [-0.4, -0.2) is 26.3 Å². The average molecular weight is 388 g/mol. The Kier molecular flexibility index (Phi) is 6.26. The lowest BCUT2D eigenvalue weighted by atomic mass is 10.1. The Morgan fingerprint density at radius 2 is 1.63 bits per heavy atom. The fourth-order valence-electron chi connectivity index (χ4n) is 2.66. The number of rotatable bonds is 8. The summed E-state index contributed by atoms with van der Waals surface area (Å²) in [6.45, 7) is 1.28. The first-order chi connectivity index (χ1) is 13.1. The fourth-order valence-corrected chi connectivity index (χ4v) is 3.54. The summed E-state index contributed by atoms with van der Waals surface area (Å²) in [7, 11) is 4.77. The Labute approximate surface area is 161 Å². The highest BCUT2D eigenvalue weighted by molar-refractivity contribution is 7.15. The molecule has 1 aromatic heterocycles. The SMILES string of the molecule is COc1cc(-c2cnc(CNCc3ccc(F)cc3)s2)cc(OC)c1OC. The van der Waals surface area contributed by atoms with Crippen molar-refractivity contribution in [1.29, 1.82) is 0 Å². The Balaban J connectivity index is 1.70. The van der Waals surface area contributed by atoms with Gasteiger partial charge in [-0.3, -0.25) is 0 Å². The van der Waals surface area contributed by atoms with Crippen molar-refractivity contribution in [3.63, 3.8) is 0 Å². The van der Waals surface area contributed by atoms with Crippen molar-refractivity contribution in [3.8, 4) is 27.7 Å². The largest absolute Gasteiger partial charge is 0.493 e. The number of aromatic nitrogens is 1. The van der Waals surface area contributed by atoms with Gasteiger partial charge in [-0.2, -0.15) is 0 Å². The number of thiazole rings is 1. The quantitative estimate of drug-likeness (QED) is 0.625. The van der Waals surface area contributed by atoms with E-state index in [1.807, 2.05) is 18.3 Å². The summed E-state index contributed by atoms with van der Waals surface area (Å²) in [4.78, 5) is 5.48. The van der Waals surface area contributed by atoms with Crippen LogP contribution in [0.25, 0.3) is 10.4 Å². The molecule has 3 aromatic rings. The lowest BCUT2D eigenvalue weighted by molar-refractivity contribution is 0.324. The van der Waals surface area contributed by atoms with Crippen LogP contribution in [0, 0.1) is 5.82 Å². The van der Waals surface area contributed by atoms with Crippen LogP contribution in [0.15, 0.2) is 42.6 Å². The topological polar surface area (TPSA) is 52.6 Å². The smallest absolute Gasteiger partial charge is 0.203 e. The van der Waals surface area contributed by atoms with Crippen LogP contribution in [-0.2, 0) is 13.1 Å². The molecule has 1 N–H and O–H groups in total. The van der Waals surface area contributed by atoms with Gasteiger partial charge in [0.05, 0.1) is 26.2 Å². The van der Waals surface area contributed by atoms with Crippen molar-refractivity contribution in [2.75, 3.05) is 21.3 Å². The number of halogens is 1. The molecule has 7 heteroatoms. The summed E-state index contributed by atoms with van der Waals surface area (Å²) in [5.74, 6) is 1.55. The molecule has 0 aliphatic rings. The van der Waals surface area contributed by atoms with E-state index in [4.69, 9.17) is 14.2 Å². The summed E-state index contributed by atoms with van der Waals surface area (Å²) in [5.41, 5.74) is 1.98. The van der Waals surface area contributed by atoms with Crippen LogP contribution < -0.4 is 19.5 Å². The van der Waals surface area contributed by atoms with Gasteiger partial charge >= 0.3 is 0 Å². The molecule has 0 amide bonds. The minimum atomic E-state index is -0.228. The molecule has 0 saturated heterocycles. The Morgan fingerprint density at radius 1 is 0.963 bits per heavy atom. The molecule has 5 nitrogen and oxygen atoms in total. The number of hydrogen-bond donors (Lipinski definition) is 1. The van der Waals surface area contributed by atoms with Crippen LogP contribution in [0.5, 0.6) is 17.2 Å². The van der Waals surface area contributed by atoms with Gasteiger partial charge in [0.1, 0.15) is 10.8 Å². The van der Waals surface area contributed by atoms with Crippen LogP contribution in [0.4, 0.5) is 4.39 Å². The Bertz CT molecular complexity index is 871. The number of methoxy groups -OCH3 is 3. The molecule has 0 atom stereocenters. The summed E-state index contributed by atoms with van der Waals surface area (Å²) >= 11 is 1.59. The summed E-state index contributed by atoms with van der Waals surface area (Å²) in [6, 6.07) is 10.3. The summed E-state index contributed by atoms with van der Waals surface area (Å²) < 4.78 is 29.1. The zero-order chi connectivity index (χ0) is 19.2. The summed E-state index contributed by atoms with van der Waals surface area (Å²) in [5, 5.41) is 4.28. The predicted octanol–water partition coefficient (Wildman–Crippen LogP) is 4.26. The lowest BCUT2D eigenvalue weighted by Crippen LogP contribution is -2.12. The molecule has 1 heterocycles. The minimum Gasteiger partial charge on any atom is -0.493 e. The van der Waals surface area contributed by atoms with Gasteiger partial charge in [0.25, 0.3) is 0 Å². The third kappa shape index (κ3) is 4.56. The van der Waals surface area contributed by atoms with Crippen molar-refractivity contribution in [3.05, 3.63) is 59.0 Å². The van der Waals surface area contributed by atoms with E-state index in [0.29, 0.717) is 30.3 Å². The molecular weight excluding hydrogens is 367 g/mol. The Morgan fingerprint density at radius 3 is 2.22 bits per heavy atom. The monoisotopic (exact) mass is 388 g/mol. The molecule has 3 rings (SSSR count). The number of ether oxygens (including phenoxy) is 3. The van der Waals surface area contributed by atoms with E-state index in [1.165, 1.54) is 12.1 Å². The first kappa shape index (κ1) is 19.1. The minimum absolute atomic E-state index is 0.228. The maximum Gasteiger partial charge on any atom is 0.203 e. The molecule has 27 heavy (non-hydrogen) atoms. The first-order valence-corrected chi connectivity index (χ1v) is 9.16. The molecule has 2 aromatic carbocycles. The van der Waals surface area contributed by atoms with E-state index < -0.39 is 0 Å². The molecular formula is C20H21FN2O3S. The van der Waals surface area contributed by atoms with Crippen LogP contribution in [0.1, 0.15) is 10.6 Å². The van der Waals surface area contributed by atoms with E-state index in [2.05, 4.69) is 10.3 Å². The average Bonchev–Trinajstić information content (AvgIpc) is 3.17. The second kappa shape index (κ2) is 8.83. The third-order valence-electron chi connectivity index (χ3n) is 4.02. The number of benzene rings is 2. The van der Waals surface area contributed by atoms with Gasteiger partial charge in [-0.15, -0.1) is 11.3 Å². The molecule has 0 aliphatic heterocycles. The van der Waals surface area contributed by atoms with E-state index in [-0.39, 0.29) is 5.82 Å². The third-order valence-corrected chi connectivity index (χ3v) is 5.07. The molecule has 0 spiro atoms. The first-order valence-electron chi connectivity index (χ1n) is 8.35. The standard InChI is InChI=1S/C20H21FN2O3S/c1-24-16-8-14(9-17(25-2)20(16)26-3)18-11-23-19(27-18)12-22-10-13-4-6-15(21)7-5-13/h4-9,11,22H,10,12H2,1-3H3. The molecule has 0 fully saturated rings. The predicted molar refractivity (Wildman–Crippen MR) is 104 cm³/mol. The van der Waals surface area contributed by atoms with E-state index in [1.54, 1.807) is 44.8 Å². The maximum absolute atomic E-state index is 12.9. The van der Waals surface area contributed by atoms with Crippen molar-refractivity contribution in [2.45, 2.75) is 13.1 Å². The van der Waals surface area contributed by atoms with Crippen molar-refractivity contribution < 1.29 is 18.6 Å². The van der Waals surface area contributed by atoms with Crippen LogP contribution in [0.2, 0.25) is 0 Å². The van der Waals surface area contributed by atoms with Gasteiger partial charge in [-0.05, 0) is 29.8 Å².